The summed E-state index contributed by atoms with van der Waals surface area (Å²) in [6, 6.07) is 2.03. The van der Waals surface area contributed by atoms with Crippen LogP contribution in [0.15, 0.2) is 11.4 Å². The normalized spacial score (nSPS) is 32.0. The molecule has 3 rings (SSSR count). The summed E-state index contributed by atoms with van der Waals surface area (Å²) in [5, 5.41) is 2.07. The lowest BCUT2D eigenvalue weighted by Gasteiger charge is -2.40. The highest BCUT2D eigenvalue weighted by atomic mass is 32.2. The molecule has 0 aromatic carbocycles. The van der Waals surface area contributed by atoms with Gasteiger partial charge in [-0.2, -0.15) is 17.0 Å². The number of fused-ring (bicyclic) bond motifs is 1. The summed E-state index contributed by atoms with van der Waals surface area (Å²) >= 11 is 1.74. The maximum atomic E-state index is 13.0. The first-order valence-corrected chi connectivity index (χ1v) is 10.0. The van der Waals surface area contributed by atoms with E-state index in [1.807, 2.05) is 6.92 Å². The van der Waals surface area contributed by atoms with Crippen molar-refractivity contribution in [3.05, 3.63) is 21.9 Å². The summed E-state index contributed by atoms with van der Waals surface area (Å²) in [5.41, 5.74) is 1.19. The maximum Gasteiger partial charge on any atom is 0.282 e. The van der Waals surface area contributed by atoms with Gasteiger partial charge in [0.25, 0.3) is 10.2 Å². The third-order valence-electron chi connectivity index (χ3n) is 4.68. The lowest BCUT2D eigenvalue weighted by atomic mass is 9.94. The minimum Gasteiger partial charge on any atom is -0.195 e. The summed E-state index contributed by atoms with van der Waals surface area (Å²) in [6.07, 6.45) is 1.96. The van der Waals surface area contributed by atoms with Crippen LogP contribution in [-0.2, 0) is 16.6 Å². The fourth-order valence-electron chi connectivity index (χ4n) is 3.74. The van der Waals surface area contributed by atoms with Crippen molar-refractivity contribution in [3.63, 3.8) is 0 Å². The Bertz CT molecular complexity index is 601. The van der Waals surface area contributed by atoms with Crippen LogP contribution in [0.3, 0.4) is 0 Å². The van der Waals surface area contributed by atoms with Gasteiger partial charge in [-0.3, -0.25) is 0 Å². The molecule has 6 heteroatoms. The van der Waals surface area contributed by atoms with Crippen LogP contribution >= 0.6 is 11.3 Å². The Morgan fingerprint density at radius 2 is 1.86 bits per heavy atom. The molecule has 0 aliphatic carbocycles. The van der Waals surface area contributed by atoms with Crippen LogP contribution < -0.4 is 0 Å². The van der Waals surface area contributed by atoms with Gasteiger partial charge in [0.1, 0.15) is 0 Å². The van der Waals surface area contributed by atoms with Crippen LogP contribution in [0.2, 0.25) is 0 Å². The van der Waals surface area contributed by atoms with Gasteiger partial charge >= 0.3 is 0 Å². The molecule has 2 aliphatic heterocycles. The molecule has 0 bridgehead atoms. The third-order valence-corrected chi connectivity index (χ3v) is 7.72. The van der Waals surface area contributed by atoms with Gasteiger partial charge in [0, 0.05) is 30.6 Å². The number of thiophene rings is 1. The van der Waals surface area contributed by atoms with Crippen molar-refractivity contribution in [2.45, 2.75) is 39.7 Å². The fourth-order valence-corrected chi connectivity index (χ4v) is 6.72. The summed E-state index contributed by atoms with van der Waals surface area (Å²) < 4.78 is 29.5. The Hall–Kier alpha value is -0.430. The molecule has 2 aliphatic rings. The van der Waals surface area contributed by atoms with Gasteiger partial charge in [-0.05, 0) is 48.6 Å². The van der Waals surface area contributed by atoms with E-state index in [-0.39, 0.29) is 6.04 Å². The number of hydrogen-bond acceptors (Lipinski definition) is 3. The second-order valence-corrected chi connectivity index (χ2v) is 9.49. The molecule has 1 aromatic rings. The minimum absolute atomic E-state index is 0.0439. The number of rotatable bonds is 2. The molecule has 0 radical (unpaired) electrons. The topological polar surface area (TPSA) is 40.6 Å². The van der Waals surface area contributed by atoms with Gasteiger partial charge < -0.3 is 0 Å². The van der Waals surface area contributed by atoms with Crippen molar-refractivity contribution in [1.82, 2.24) is 8.61 Å². The van der Waals surface area contributed by atoms with E-state index in [0.717, 1.165) is 12.8 Å². The Morgan fingerprint density at radius 3 is 2.52 bits per heavy atom. The Morgan fingerprint density at radius 1 is 1.19 bits per heavy atom. The molecule has 3 heterocycles. The first-order chi connectivity index (χ1) is 9.89. The van der Waals surface area contributed by atoms with E-state index in [9.17, 15) is 8.42 Å². The molecular formula is C15H24N2O2S2. The molecule has 1 saturated heterocycles. The van der Waals surface area contributed by atoms with E-state index < -0.39 is 10.2 Å². The van der Waals surface area contributed by atoms with Crippen LogP contribution in [-0.4, -0.2) is 36.7 Å². The van der Waals surface area contributed by atoms with Crippen molar-refractivity contribution in [1.29, 1.82) is 0 Å². The van der Waals surface area contributed by atoms with Crippen LogP contribution in [0, 0.1) is 11.8 Å². The standard InChI is InChI=1S/C15H24N2O2S2/c1-11-8-12(2)10-16(9-11)21(18,19)17-6-4-15-14(13(17)3)5-7-20-15/h5,7,11-13H,4,6,8-10H2,1-3H3/t11-,12-,13-/m1/s1. The molecule has 0 spiro atoms. The predicted molar refractivity (Wildman–Crippen MR) is 86.6 cm³/mol. The summed E-state index contributed by atoms with van der Waals surface area (Å²) in [6.45, 7) is 8.23. The number of piperidine rings is 1. The van der Waals surface area contributed by atoms with E-state index >= 15 is 0 Å². The van der Waals surface area contributed by atoms with Crippen molar-refractivity contribution in [2.75, 3.05) is 19.6 Å². The van der Waals surface area contributed by atoms with E-state index in [2.05, 4.69) is 25.3 Å². The monoisotopic (exact) mass is 328 g/mol. The van der Waals surface area contributed by atoms with Gasteiger partial charge in [-0.1, -0.05) is 13.8 Å². The SMILES string of the molecule is C[C@@H]1C[C@@H](C)CN(S(=O)(=O)N2CCc3sccc3[C@H]2C)C1. The highest BCUT2D eigenvalue weighted by Crippen LogP contribution is 2.36. The molecule has 21 heavy (non-hydrogen) atoms. The lowest BCUT2D eigenvalue weighted by Crippen LogP contribution is -2.51. The second-order valence-electron chi connectivity index (χ2n) is 6.61. The molecule has 1 aromatic heterocycles. The summed E-state index contributed by atoms with van der Waals surface area (Å²) in [7, 11) is -3.35. The molecule has 0 unspecified atom stereocenters. The molecule has 118 valence electrons. The molecule has 1 fully saturated rings. The third kappa shape index (κ3) is 2.79. The molecule has 0 N–H and O–H groups in total. The van der Waals surface area contributed by atoms with Gasteiger partial charge in [0.05, 0.1) is 0 Å². The van der Waals surface area contributed by atoms with Gasteiger partial charge in [-0.15, -0.1) is 11.3 Å². The highest BCUT2D eigenvalue weighted by Gasteiger charge is 2.39. The van der Waals surface area contributed by atoms with Crippen molar-refractivity contribution < 1.29 is 8.42 Å². The first kappa shape index (κ1) is 15.5. The van der Waals surface area contributed by atoms with Crippen molar-refractivity contribution >= 4 is 21.5 Å². The largest absolute Gasteiger partial charge is 0.282 e. The molecule has 3 atom stereocenters. The van der Waals surface area contributed by atoms with Crippen LogP contribution in [0.25, 0.3) is 0 Å². The number of nitrogens with zero attached hydrogens (tertiary/aromatic N) is 2. The minimum atomic E-state index is -3.35. The van der Waals surface area contributed by atoms with Crippen LogP contribution in [0.1, 0.15) is 43.7 Å². The maximum absolute atomic E-state index is 13.0. The smallest absolute Gasteiger partial charge is 0.195 e. The zero-order chi connectivity index (χ0) is 15.2. The van der Waals surface area contributed by atoms with Gasteiger partial charge in [0.15, 0.2) is 0 Å². The molecule has 0 saturated carbocycles. The Kier molecular flexibility index (Phi) is 4.16. The summed E-state index contributed by atoms with van der Waals surface area (Å²) in [5.74, 6) is 0.890. The average Bonchev–Trinajstić information content (AvgIpc) is 2.87. The molecule has 0 amide bonds. The quantitative estimate of drug-likeness (QED) is 0.837. The molecular weight excluding hydrogens is 304 g/mol. The zero-order valence-electron chi connectivity index (χ0n) is 12.9. The predicted octanol–water partition coefficient (Wildman–Crippen LogP) is 2.89. The van der Waals surface area contributed by atoms with Crippen molar-refractivity contribution in [2.24, 2.45) is 11.8 Å². The second kappa shape index (κ2) is 5.65. The Balaban J connectivity index is 1.85. The average molecular weight is 329 g/mol. The summed E-state index contributed by atoms with van der Waals surface area (Å²) in [4.78, 5) is 1.34. The highest BCUT2D eigenvalue weighted by molar-refractivity contribution is 7.86. The first-order valence-electron chi connectivity index (χ1n) is 7.72. The lowest BCUT2D eigenvalue weighted by molar-refractivity contribution is 0.200. The van der Waals surface area contributed by atoms with E-state index in [1.165, 1.54) is 10.4 Å². The number of hydrogen-bond donors (Lipinski definition) is 0. The fraction of sp³-hybridized carbons (Fsp3) is 0.733. The van der Waals surface area contributed by atoms with Crippen LogP contribution in [0.5, 0.6) is 0 Å². The van der Waals surface area contributed by atoms with E-state index in [0.29, 0.717) is 31.5 Å². The van der Waals surface area contributed by atoms with Gasteiger partial charge in [-0.25, -0.2) is 0 Å². The Labute approximate surface area is 131 Å². The van der Waals surface area contributed by atoms with Crippen LogP contribution in [0.4, 0.5) is 0 Å². The zero-order valence-corrected chi connectivity index (χ0v) is 14.6. The van der Waals surface area contributed by atoms with E-state index in [1.54, 1.807) is 19.9 Å². The van der Waals surface area contributed by atoms with E-state index in [4.69, 9.17) is 0 Å². The van der Waals surface area contributed by atoms with Crippen molar-refractivity contribution in [3.8, 4) is 0 Å². The van der Waals surface area contributed by atoms with Gasteiger partial charge in [0.2, 0.25) is 0 Å². The molecule has 4 nitrogen and oxygen atoms in total.